The summed E-state index contributed by atoms with van der Waals surface area (Å²) in [5.74, 6) is -0.664. The lowest BCUT2D eigenvalue weighted by Crippen LogP contribution is -2.71. The highest BCUT2D eigenvalue weighted by Crippen LogP contribution is 2.32. The number of aliphatic hydroxyl groups excluding tert-OH is 5. The van der Waals surface area contributed by atoms with Crippen LogP contribution in [0.3, 0.4) is 0 Å². The summed E-state index contributed by atoms with van der Waals surface area (Å²) >= 11 is 0. The average Bonchev–Trinajstić information content (AvgIpc) is 3.27. The lowest BCUT2D eigenvalue weighted by molar-refractivity contribution is -0.280. The third kappa shape index (κ3) is 7.34. The summed E-state index contributed by atoms with van der Waals surface area (Å²) in [6, 6.07) is -2.42. The number of carbonyl (C=O) groups excluding carboxylic acids is 1. The molecule has 0 radical (unpaired) electrons. The SMILES string of the molecule is NC1C=CC(CNCC(O)CO)OC1OC1C(N)CC(NC(=O)C2(O)CNC2)C(O)C1OC1OC(CO)CC1O. The first kappa shape index (κ1) is 31.6. The molecule has 230 valence electrons. The van der Waals surface area contributed by atoms with E-state index in [2.05, 4.69) is 16.0 Å². The van der Waals surface area contributed by atoms with Crippen molar-refractivity contribution in [3.63, 3.8) is 0 Å². The molecule has 12 unspecified atom stereocenters. The molecule has 4 rings (SSSR count). The fraction of sp³-hybridized carbons (Fsp3) is 0.875. The van der Waals surface area contributed by atoms with Gasteiger partial charge in [-0.05, 0) is 6.42 Å². The zero-order valence-electron chi connectivity index (χ0n) is 22.1. The van der Waals surface area contributed by atoms with Gasteiger partial charge in [-0.15, -0.1) is 0 Å². The number of amides is 1. The summed E-state index contributed by atoms with van der Waals surface area (Å²) in [7, 11) is 0. The van der Waals surface area contributed by atoms with Crippen LogP contribution >= 0.6 is 0 Å². The molecule has 4 aliphatic rings. The Morgan fingerprint density at radius 1 is 1.10 bits per heavy atom. The Kier molecular flexibility index (Phi) is 10.9. The molecule has 16 nitrogen and oxygen atoms in total. The summed E-state index contributed by atoms with van der Waals surface area (Å²) < 4.78 is 23.7. The van der Waals surface area contributed by atoms with E-state index in [4.69, 9.17) is 35.5 Å². The molecule has 3 heterocycles. The van der Waals surface area contributed by atoms with Crippen molar-refractivity contribution in [1.82, 2.24) is 16.0 Å². The predicted molar refractivity (Wildman–Crippen MR) is 136 cm³/mol. The van der Waals surface area contributed by atoms with E-state index in [9.17, 15) is 30.3 Å². The molecule has 40 heavy (non-hydrogen) atoms. The van der Waals surface area contributed by atoms with Gasteiger partial charge in [-0.1, -0.05) is 12.2 Å². The number of ether oxygens (including phenoxy) is 4. The molecular weight excluding hydrogens is 534 g/mol. The van der Waals surface area contributed by atoms with Crippen molar-refractivity contribution in [2.45, 2.75) is 91.9 Å². The smallest absolute Gasteiger partial charge is 0.254 e. The topological polar surface area (TPSA) is 263 Å². The molecule has 2 saturated heterocycles. The first-order valence-corrected chi connectivity index (χ1v) is 13.6. The van der Waals surface area contributed by atoms with Crippen LogP contribution < -0.4 is 27.4 Å². The second-order valence-corrected chi connectivity index (χ2v) is 10.9. The summed E-state index contributed by atoms with van der Waals surface area (Å²) in [5, 5.41) is 68.6. The van der Waals surface area contributed by atoms with Crippen molar-refractivity contribution in [2.24, 2.45) is 11.5 Å². The van der Waals surface area contributed by atoms with Gasteiger partial charge in [-0.3, -0.25) is 4.79 Å². The van der Waals surface area contributed by atoms with E-state index in [-0.39, 0.29) is 52.2 Å². The van der Waals surface area contributed by atoms with Crippen LogP contribution in [-0.2, 0) is 23.7 Å². The fourth-order valence-corrected chi connectivity index (χ4v) is 5.15. The van der Waals surface area contributed by atoms with Crippen LogP contribution in [0.25, 0.3) is 0 Å². The van der Waals surface area contributed by atoms with Crippen molar-refractivity contribution in [3.8, 4) is 0 Å². The minimum Gasteiger partial charge on any atom is -0.394 e. The Balaban J connectivity index is 1.46. The molecule has 12 atom stereocenters. The Hall–Kier alpha value is -1.35. The van der Waals surface area contributed by atoms with E-state index in [1.807, 2.05) is 0 Å². The summed E-state index contributed by atoms with van der Waals surface area (Å²) in [6.07, 6.45) is -5.43. The lowest BCUT2D eigenvalue weighted by atomic mass is 9.83. The van der Waals surface area contributed by atoms with Gasteiger partial charge in [0, 0.05) is 38.6 Å². The van der Waals surface area contributed by atoms with Crippen LogP contribution in [0.4, 0.5) is 0 Å². The van der Waals surface area contributed by atoms with Gasteiger partial charge in [-0.25, -0.2) is 0 Å². The van der Waals surface area contributed by atoms with E-state index in [0.717, 1.165) is 0 Å². The van der Waals surface area contributed by atoms with E-state index in [1.165, 1.54) is 0 Å². The molecule has 1 saturated carbocycles. The zero-order chi connectivity index (χ0) is 29.0. The number of aliphatic hydroxyl groups is 6. The van der Waals surface area contributed by atoms with E-state index >= 15 is 0 Å². The lowest BCUT2D eigenvalue weighted by Gasteiger charge is -2.47. The first-order chi connectivity index (χ1) is 19.0. The van der Waals surface area contributed by atoms with E-state index < -0.39 is 84.9 Å². The fourth-order valence-electron chi connectivity index (χ4n) is 5.15. The number of rotatable bonds is 12. The van der Waals surface area contributed by atoms with Gasteiger partial charge >= 0.3 is 0 Å². The van der Waals surface area contributed by atoms with Gasteiger partial charge in [0.2, 0.25) is 0 Å². The monoisotopic (exact) mass is 577 g/mol. The highest BCUT2D eigenvalue weighted by Gasteiger charge is 2.51. The third-order valence-electron chi connectivity index (χ3n) is 7.63. The van der Waals surface area contributed by atoms with Crippen LogP contribution in [0.5, 0.6) is 0 Å². The number of nitrogens with one attached hydrogen (secondary N) is 3. The number of β-amino-alcohol motifs (C(OH)–C–C–N with tert-alkyl or cyclic N) is 1. The molecule has 0 bridgehead atoms. The van der Waals surface area contributed by atoms with Crippen molar-refractivity contribution >= 4 is 5.91 Å². The number of hydrogen-bond acceptors (Lipinski definition) is 15. The molecule has 0 aromatic heterocycles. The highest BCUT2D eigenvalue weighted by molar-refractivity contribution is 5.87. The van der Waals surface area contributed by atoms with Gasteiger partial charge in [0.1, 0.15) is 24.4 Å². The Bertz CT molecular complexity index is 867. The zero-order valence-corrected chi connectivity index (χ0v) is 22.1. The molecule has 3 fully saturated rings. The molecule has 3 aliphatic heterocycles. The molecule has 1 amide bonds. The van der Waals surface area contributed by atoms with Gasteiger partial charge < -0.3 is 77.0 Å². The standard InChI is InChI=1S/C24H43N5O11/c25-14-2-1-12(6-27-5-11(32)7-30)37-21(14)39-19-15(26)4-16(29-23(35)24(36)9-28-10-24)18(34)20(19)40-22-17(33)3-13(8-31)38-22/h1-2,11-22,27-28,30-34,36H,3-10,25-26H2,(H,29,35). The molecule has 0 spiro atoms. The van der Waals surface area contributed by atoms with Crippen LogP contribution in [0.1, 0.15) is 12.8 Å². The molecular formula is C24H43N5O11. The minimum atomic E-state index is -1.60. The van der Waals surface area contributed by atoms with Gasteiger partial charge in [0.25, 0.3) is 5.91 Å². The maximum Gasteiger partial charge on any atom is 0.254 e. The van der Waals surface area contributed by atoms with Crippen molar-refractivity contribution in [2.75, 3.05) is 39.4 Å². The van der Waals surface area contributed by atoms with E-state index in [0.29, 0.717) is 0 Å². The summed E-state index contributed by atoms with van der Waals surface area (Å²) in [6.45, 7) is -0.141. The van der Waals surface area contributed by atoms with Crippen molar-refractivity contribution in [1.29, 1.82) is 0 Å². The predicted octanol–water partition coefficient (Wildman–Crippen LogP) is -6.31. The summed E-state index contributed by atoms with van der Waals surface area (Å²) in [4.78, 5) is 12.7. The first-order valence-electron chi connectivity index (χ1n) is 13.6. The van der Waals surface area contributed by atoms with Crippen molar-refractivity contribution < 1.29 is 54.4 Å². The normalized spacial score (nSPS) is 41.9. The average molecular weight is 578 g/mol. The number of nitrogens with two attached hydrogens (primary N) is 2. The minimum absolute atomic E-state index is 0.0656. The molecule has 0 aromatic rings. The maximum atomic E-state index is 12.7. The molecule has 16 heteroatoms. The largest absolute Gasteiger partial charge is 0.394 e. The quantitative estimate of drug-likeness (QED) is 0.0964. The van der Waals surface area contributed by atoms with Crippen LogP contribution in [-0.4, -0.2) is 155 Å². The number of carbonyl (C=O) groups is 1. The Labute approximate surface area is 231 Å². The van der Waals surface area contributed by atoms with Gasteiger partial charge in [-0.2, -0.15) is 0 Å². The second kappa shape index (κ2) is 13.7. The highest BCUT2D eigenvalue weighted by atomic mass is 16.7. The van der Waals surface area contributed by atoms with Gasteiger partial charge in [0.15, 0.2) is 18.2 Å². The van der Waals surface area contributed by atoms with Crippen LogP contribution in [0.2, 0.25) is 0 Å². The second-order valence-electron chi connectivity index (χ2n) is 10.9. The summed E-state index contributed by atoms with van der Waals surface area (Å²) in [5.41, 5.74) is 11.1. The molecule has 1 aliphatic carbocycles. The Morgan fingerprint density at radius 2 is 1.82 bits per heavy atom. The maximum absolute atomic E-state index is 12.7. The molecule has 0 aromatic carbocycles. The van der Waals surface area contributed by atoms with Crippen LogP contribution in [0.15, 0.2) is 12.2 Å². The van der Waals surface area contributed by atoms with Gasteiger partial charge in [0.05, 0.1) is 43.6 Å². The number of hydrogen-bond donors (Lipinski definition) is 11. The van der Waals surface area contributed by atoms with Crippen LogP contribution in [0, 0.1) is 0 Å². The Morgan fingerprint density at radius 3 is 2.45 bits per heavy atom. The van der Waals surface area contributed by atoms with E-state index in [1.54, 1.807) is 12.2 Å². The molecule has 13 N–H and O–H groups in total. The third-order valence-corrected chi connectivity index (χ3v) is 7.63. The van der Waals surface area contributed by atoms with Crippen molar-refractivity contribution in [3.05, 3.63) is 12.2 Å².